The number of fused-ring (bicyclic) bond motifs is 1. The Bertz CT molecular complexity index is 836. The van der Waals surface area contributed by atoms with E-state index in [1.165, 1.54) is 6.26 Å². The molecular formula is C14H11NO3S. The number of nitrogen functional groups attached to an aromatic ring is 1. The number of nitrogens with two attached hydrogens (primary N) is 1. The van der Waals surface area contributed by atoms with Gasteiger partial charge >= 0.3 is 0 Å². The van der Waals surface area contributed by atoms with Crippen LogP contribution in [0.4, 0.5) is 5.69 Å². The van der Waals surface area contributed by atoms with E-state index in [1.807, 2.05) is 0 Å². The molecule has 0 bridgehead atoms. The van der Waals surface area contributed by atoms with E-state index in [-0.39, 0.29) is 9.79 Å². The Hall–Kier alpha value is -2.27. The second-order valence-corrected chi connectivity index (χ2v) is 6.06. The lowest BCUT2D eigenvalue weighted by Crippen LogP contribution is -2.00. The summed E-state index contributed by atoms with van der Waals surface area (Å²) in [5.74, 6) is 0. The van der Waals surface area contributed by atoms with Gasteiger partial charge in [0.05, 0.1) is 10.6 Å². The molecule has 96 valence electrons. The first-order chi connectivity index (χ1) is 9.10. The molecule has 4 nitrogen and oxygen atoms in total. The molecule has 0 aliphatic heterocycles. The molecule has 0 aliphatic rings. The van der Waals surface area contributed by atoms with E-state index in [1.54, 1.807) is 48.5 Å². The van der Waals surface area contributed by atoms with E-state index < -0.39 is 9.84 Å². The van der Waals surface area contributed by atoms with Crippen molar-refractivity contribution in [2.45, 2.75) is 9.79 Å². The zero-order valence-electron chi connectivity index (χ0n) is 9.91. The molecule has 0 atom stereocenters. The summed E-state index contributed by atoms with van der Waals surface area (Å²) in [5, 5.41) is 0.504. The topological polar surface area (TPSA) is 73.3 Å². The van der Waals surface area contributed by atoms with Gasteiger partial charge in [-0.1, -0.05) is 24.3 Å². The maximum Gasteiger partial charge on any atom is 0.210 e. The van der Waals surface area contributed by atoms with Crippen LogP contribution >= 0.6 is 0 Å². The molecule has 0 unspecified atom stereocenters. The maximum atomic E-state index is 12.5. The molecule has 1 heterocycles. The highest BCUT2D eigenvalue weighted by atomic mass is 32.2. The Kier molecular flexibility index (Phi) is 2.57. The summed E-state index contributed by atoms with van der Waals surface area (Å²) < 4.78 is 30.3. The van der Waals surface area contributed by atoms with Gasteiger partial charge in [-0.2, -0.15) is 0 Å². The molecule has 0 radical (unpaired) electrons. The minimum atomic E-state index is -3.59. The van der Waals surface area contributed by atoms with Crippen molar-refractivity contribution in [3.05, 3.63) is 54.8 Å². The molecule has 2 aromatic carbocycles. The maximum absolute atomic E-state index is 12.5. The molecule has 5 heteroatoms. The van der Waals surface area contributed by atoms with Crippen LogP contribution in [0.15, 0.2) is 69.0 Å². The van der Waals surface area contributed by atoms with Crippen LogP contribution in [0, 0.1) is 0 Å². The van der Waals surface area contributed by atoms with Crippen molar-refractivity contribution in [1.29, 1.82) is 0 Å². The number of rotatable bonds is 2. The summed E-state index contributed by atoms with van der Waals surface area (Å²) in [5.41, 5.74) is 6.59. The van der Waals surface area contributed by atoms with Gasteiger partial charge in [0, 0.05) is 5.39 Å². The zero-order valence-corrected chi connectivity index (χ0v) is 10.7. The van der Waals surface area contributed by atoms with Crippen molar-refractivity contribution in [2.75, 3.05) is 5.73 Å². The van der Waals surface area contributed by atoms with Gasteiger partial charge in [0.1, 0.15) is 11.2 Å². The Balaban J connectivity index is 2.29. The van der Waals surface area contributed by atoms with E-state index in [0.29, 0.717) is 16.7 Å². The van der Waals surface area contributed by atoms with Gasteiger partial charge in [-0.25, -0.2) is 8.42 Å². The Morgan fingerprint density at radius 2 is 1.68 bits per heavy atom. The van der Waals surface area contributed by atoms with Crippen LogP contribution in [0.25, 0.3) is 11.0 Å². The normalized spacial score (nSPS) is 11.8. The van der Waals surface area contributed by atoms with Crippen molar-refractivity contribution in [3.63, 3.8) is 0 Å². The van der Waals surface area contributed by atoms with Crippen LogP contribution in [-0.2, 0) is 9.84 Å². The van der Waals surface area contributed by atoms with Gasteiger partial charge in [0.25, 0.3) is 0 Å². The molecule has 19 heavy (non-hydrogen) atoms. The Labute approximate surface area is 110 Å². The number of para-hydroxylation sites is 1. The highest BCUT2D eigenvalue weighted by molar-refractivity contribution is 7.91. The number of hydrogen-bond acceptors (Lipinski definition) is 4. The number of benzene rings is 2. The second-order valence-electron chi connectivity index (χ2n) is 4.14. The standard InChI is InChI=1S/C14H11NO3S/c15-12-8-4-7-11-13(9-18-14(11)12)19(16,17)10-5-2-1-3-6-10/h1-9H,15H2. The highest BCUT2D eigenvalue weighted by Crippen LogP contribution is 2.32. The number of sulfone groups is 1. The lowest BCUT2D eigenvalue weighted by atomic mass is 10.2. The predicted molar refractivity (Wildman–Crippen MR) is 72.5 cm³/mol. The molecule has 0 saturated carbocycles. The molecule has 0 saturated heterocycles. The smallest absolute Gasteiger partial charge is 0.210 e. The largest absolute Gasteiger partial charge is 0.461 e. The monoisotopic (exact) mass is 273 g/mol. The Morgan fingerprint density at radius 3 is 2.42 bits per heavy atom. The number of hydrogen-bond donors (Lipinski definition) is 1. The van der Waals surface area contributed by atoms with E-state index in [2.05, 4.69) is 0 Å². The SMILES string of the molecule is Nc1cccc2c(S(=O)(=O)c3ccccc3)coc12. The minimum absolute atomic E-state index is 0.140. The van der Waals surface area contributed by atoms with E-state index in [9.17, 15) is 8.42 Å². The van der Waals surface area contributed by atoms with Crippen molar-refractivity contribution in [2.24, 2.45) is 0 Å². The Morgan fingerprint density at radius 1 is 0.947 bits per heavy atom. The molecule has 3 aromatic rings. The van der Waals surface area contributed by atoms with Crippen LogP contribution in [0.2, 0.25) is 0 Å². The minimum Gasteiger partial charge on any atom is -0.461 e. The third-order valence-corrected chi connectivity index (χ3v) is 4.73. The first-order valence-corrected chi connectivity index (χ1v) is 7.15. The third kappa shape index (κ3) is 1.79. The molecule has 0 fully saturated rings. The van der Waals surface area contributed by atoms with Crippen molar-refractivity contribution < 1.29 is 12.8 Å². The average molecular weight is 273 g/mol. The van der Waals surface area contributed by atoms with Gasteiger partial charge in [0.2, 0.25) is 9.84 Å². The van der Waals surface area contributed by atoms with Gasteiger partial charge in [0.15, 0.2) is 5.58 Å². The average Bonchev–Trinajstić information content (AvgIpc) is 2.86. The zero-order chi connectivity index (χ0) is 13.5. The second kappa shape index (κ2) is 4.13. The molecule has 0 spiro atoms. The summed E-state index contributed by atoms with van der Waals surface area (Å²) in [6, 6.07) is 13.3. The molecule has 0 amide bonds. The first kappa shape index (κ1) is 11.8. The summed E-state index contributed by atoms with van der Waals surface area (Å²) in [4.78, 5) is 0.376. The summed E-state index contributed by atoms with van der Waals surface area (Å²) in [7, 11) is -3.59. The number of furan rings is 1. The van der Waals surface area contributed by atoms with Crippen LogP contribution < -0.4 is 5.73 Å². The quantitative estimate of drug-likeness (QED) is 0.729. The first-order valence-electron chi connectivity index (χ1n) is 5.66. The molecule has 1 aromatic heterocycles. The summed E-state index contributed by atoms with van der Waals surface area (Å²) in [6.45, 7) is 0. The van der Waals surface area contributed by atoms with E-state index in [0.717, 1.165) is 0 Å². The van der Waals surface area contributed by atoms with Crippen LogP contribution in [0.3, 0.4) is 0 Å². The fourth-order valence-corrected chi connectivity index (χ4v) is 3.39. The van der Waals surface area contributed by atoms with Crippen LogP contribution in [0.5, 0.6) is 0 Å². The van der Waals surface area contributed by atoms with Crippen molar-refractivity contribution in [3.8, 4) is 0 Å². The van der Waals surface area contributed by atoms with Gasteiger partial charge in [-0.05, 0) is 24.3 Å². The van der Waals surface area contributed by atoms with E-state index >= 15 is 0 Å². The van der Waals surface area contributed by atoms with Gasteiger partial charge in [-0.3, -0.25) is 0 Å². The van der Waals surface area contributed by atoms with Crippen molar-refractivity contribution >= 4 is 26.5 Å². The molecule has 3 rings (SSSR count). The fourth-order valence-electron chi connectivity index (χ4n) is 1.99. The summed E-state index contributed by atoms with van der Waals surface area (Å²) in [6.07, 6.45) is 1.24. The lowest BCUT2D eigenvalue weighted by molar-refractivity contribution is 0.584. The molecule has 0 aliphatic carbocycles. The fraction of sp³-hybridized carbons (Fsp3) is 0. The van der Waals surface area contributed by atoms with Crippen LogP contribution in [-0.4, -0.2) is 8.42 Å². The van der Waals surface area contributed by atoms with Crippen LogP contribution in [0.1, 0.15) is 0 Å². The third-order valence-electron chi connectivity index (χ3n) is 2.94. The summed E-state index contributed by atoms with van der Waals surface area (Å²) >= 11 is 0. The predicted octanol–water partition coefficient (Wildman–Crippen LogP) is 2.85. The molecule has 2 N–H and O–H groups in total. The lowest BCUT2D eigenvalue weighted by Gasteiger charge is -2.02. The van der Waals surface area contributed by atoms with Crippen molar-refractivity contribution in [1.82, 2.24) is 0 Å². The molecular weight excluding hydrogens is 262 g/mol. The van der Waals surface area contributed by atoms with E-state index in [4.69, 9.17) is 10.2 Å². The number of anilines is 1. The van der Waals surface area contributed by atoms with Gasteiger partial charge in [-0.15, -0.1) is 0 Å². The van der Waals surface area contributed by atoms with Gasteiger partial charge < -0.3 is 10.2 Å². The highest BCUT2D eigenvalue weighted by Gasteiger charge is 2.23.